The van der Waals surface area contributed by atoms with Gasteiger partial charge in [0.25, 0.3) is 0 Å². The minimum Gasteiger partial charge on any atom is -0.486 e. The van der Waals surface area contributed by atoms with E-state index in [2.05, 4.69) is 0 Å². The van der Waals surface area contributed by atoms with Gasteiger partial charge in [0.1, 0.15) is 19.5 Å². The molecule has 1 aliphatic rings. The van der Waals surface area contributed by atoms with Crippen LogP contribution in [0.1, 0.15) is 18.9 Å². The molecule has 0 unspecified atom stereocenters. The highest BCUT2D eigenvalue weighted by Crippen LogP contribution is 2.38. The second-order valence-electron chi connectivity index (χ2n) is 3.72. The number of rotatable bonds is 3. The summed E-state index contributed by atoms with van der Waals surface area (Å²) in [7, 11) is 0. The summed E-state index contributed by atoms with van der Waals surface area (Å²) in [6, 6.07) is 3.60. The lowest BCUT2D eigenvalue weighted by Crippen LogP contribution is -2.15. The van der Waals surface area contributed by atoms with Crippen molar-refractivity contribution in [2.45, 2.75) is 13.3 Å². The highest BCUT2D eigenvalue weighted by molar-refractivity contribution is 6.32. The average Bonchev–Trinajstić information content (AvgIpc) is 2.36. The molecule has 90 valence electrons. The van der Waals surface area contributed by atoms with Crippen molar-refractivity contribution >= 4 is 24.0 Å². The molecular weight excluding hydrogens is 240 g/mol. The Morgan fingerprint density at radius 2 is 2.18 bits per heavy atom. The fraction of sp³-hybridized carbons (Fsp3) is 0.308. The van der Waals surface area contributed by atoms with E-state index in [1.807, 2.05) is 13.0 Å². The van der Waals surface area contributed by atoms with Crippen LogP contribution in [-0.2, 0) is 4.79 Å². The summed E-state index contributed by atoms with van der Waals surface area (Å²) in [5.74, 6) is 1.22. The molecule has 1 heterocycles. The molecule has 3 nitrogen and oxygen atoms in total. The smallest absolute Gasteiger partial charge is 0.179 e. The van der Waals surface area contributed by atoms with E-state index in [1.165, 1.54) is 0 Å². The fourth-order valence-corrected chi connectivity index (χ4v) is 1.92. The quantitative estimate of drug-likeness (QED) is 0.613. The van der Waals surface area contributed by atoms with E-state index in [9.17, 15) is 4.79 Å². The molecule has 0 bridgehead atoms. The van der Waals surface area contributed by atoms with Crippen molar-refractivity contribution < 1.29 is 14.3 Å². The number of fused-ring (bicyclic) bond motifs is 1. The number of ether oxygens (including phenoxy) is 2. The zero-order chi connectivity index (χ0) is 12.3. The van der Waals surface area contributed by atoms with Gasteiger partial charge in [-0.05, 0) is 35.8 Å². The Balaban J connectivity index is 2.40. The van der Waals surface area contributed by atoms with Crippen LogP contribution in [0.4, 0.5) is 0 Å². The van der Waals surface area contributed by atoms with Crippen molar-refractivity contribution in [3.05, 3.63) is 28.3 Å². The van der Waals surface area contributed by atoms with Crippen molar-refractivity contribution in [1.29, 1.82) is 0 Å². The van der Waals surface area contributed by atoms with Gasteiger partial charge >= 0.3 is 0 Å². The molecule has 0 saturated carbocycles. The first kappa shape index (κ1) is 12.0. The molecule has 0 atom stereocenters. The zero-order valence-corrected chi connectivity index (χ0v) is 10.3. The molecule has 17 heavy (non-hydrogen) atoms. The maximum Gasteiger partial charge on any atom is 0.179 e. The van der Waals surface area contributed by atoms with Crippen LogP contribution in [0.25, 0.3) is 6.08 Å². The lowest BCUT2D eigenvalue weighted by molar-refractivity contribution is -0.104. The normalized spacial score (nSPS) is 14.6. The molecule has 0 fully saturated rings. The van der Waals surface area contributed by atoms with Gasteiger partial charge in [-0.1, -0.05) is 18.5 Å². The number of hydrogen-bond acceptors (Lipinski definition) is 3. The molecule has 1 aromatic carbocycles. The Morgan fingerprint density at radius 1 is 1.41 bits per heavy atom. The van der Waals surface area contributed by atoms with Crippen molar-refractivity contribution in [1.82, 2.24) is 0 Å². The molecule has 0 aromatic heterocycles. The lowest BCUT2D eigenvalue weighted by Gasteiger charge is -2.19. The van der Waals surface area contributed by atoms with Gasteiger partial charge < -0.3 is 9.47 Å². The van der Waals surface area contributed by atoms with E-state index in [0.717, 1.165) is 17.4 Å². The maximum absolute atomic E-state index is 10.8. The summed E-state index contributed by atoms with van der Waals surface area (Å²) in [5.41, 5.74) is 1.57. The molecule has 1 aliphatic heterocycles. The van der Waals surface area contributed by atoms with Gasteiger partial charge in [-0.3, -0.25) is 4.79 Å². The van der Waals surface area contributed by atoms with E-state index < -0.39 is 0 Å². The Morgan fingerprint density at radius 3 is 2.88 bits per heavy atom. The summed E-state index contributed by atoms with van der Waals surface area (Å²) in [5, 5.41) is 0.509. The SMILES string of the molecule is CCC(C=O)=Cc1cc(Cl)c2c(c1)OCCO2. The Bertz CT molecular complexity index is 466. The summed E-state index contributed by atoms with van der Waals surface area (Å²) in [6.45, 7) is 2.96. The van der Waals surface area contributed by atoms with Crippen LogP contribution in [0.2, 0.25) is 5.02 Å². The lowest BCUT2D eigenvalue weighted by atomic mass is 10.1. The number of carbonyl (C=O) groups excluding carboxylic acids is 1. The van der Waals surface area contributed by atoms with E-state index in [0.29, 0.717) is 36.2 Å². The number of hydrogen-bond donors (Lipinski definition) is 0. The highest BCUT2D eigenvalue weighted by atomic mass is 35.5. The molecule has 0 amide bonds. The largest absolute Gasteiger partial charge is 0.486 e. The molecule has 0 saturated heterocycles. The third kappa shape index (κ3) is 2.61. The first-order chi connectivity index (χ1) is 8.24. The Kier molecular flexibility index (Phi) is 3.69. The summed E-state index contributed by atoms with van der Waals surface area (Å²) in [6.07, 6.45) is 3.34. The second-order valence-corrected chi connectivity index (χ2v) is 4.12. The summed E-state index contributed by atoms with van der Waals surface area (Å²) in [4.78, 5) is 10.8. The summed E-state index contributed by atoms with van der Waals surface area (Å²) < 4.78 is 10.9. The number of benzene rings is 1. The Hall–Kier alpha value is -1.48. The van der Waals surface area contributed by atoms with Crippen molar-refractivity contribution in [2.75, 3.05) is 13.2 Å². The first-order valence-corrected chi connectivity index (χ1v) is 5.87. The van der Waals surface area contributed by atoms with Crippen LogP contribution in [0.15, 0.2) is 17.7 Å². The highest BCUT2D eigenvalue weighted by Gasteiger charge is 2.16. The van der Waals surface area contributed by atoms with Gasteiger partial charge in [-0.2, -0.15) is 0 Å². The topological polar surface area (TPSA) is 35.5 Å². The van der Waals surface area contributed by atoms with E-state index in [4.69, 9.17) is 21.1 Å². The van der Waals surface area contributed by atoms with Gasteiger partial charge in [-0.15, -0.1) is 0 Å². The van der Waals surface area contributed by atoms with Crippen molar-refractivity contribution in [3.8, 4) is 11.5 Å². The van der Waals surface area contributed by atoms with Gasteiger partial charge in [0.2, 0.25) is 0 Å². The van der Waals surface area contributed by atoms with E-state index in [-0.39, 0.29) is 0 Å². The van der Waals surface area contributed by atoms with Crippen LogP contribution >= 0.6 is 11.6 Å². The number of carbonyl (C=O) groups is 1. The standard InChI is InChI=1S/C13H13ClO3/c1-2-9(8-15)5-10-6-11(14)13-12(7-10)16-3-4-17-13/h5-8H,2-4H2,1H3. The molecule has 1 aromatic rings. The summed E-state index contributed by atoms with van der Waals surface area (Å²) >= 11 is 6.09. The maximum atomic E-state index is 10.8. The van der Waals surface area contributed by atoms with Gasteiger partial charge in [0.05, 0.1) is 5.02 Å². The second kappa shape index (κ2) is 5.23. The van der Waals surface area contributed by atoms with Crippen LogP contribution in [0.3, 0.4) is 0 Å². The Labute approximate surface area is 105 Å². The predicted molar refractivity (Wildman–Crippen MR) is 66.8 cm³/mol. The minimum atomic E-state index is 0.509. The molecular formula is C13H13ClO3. The molecule has 0 aliphatic carbocycles. The first-order valence-electron chi connectivity index (χ1n) is 5.49. The van der Waals surface area contributed by atoms with Crippen molar-refractivity contribution in [2.24, 2.45) is 0 Å². The fourth-order valence-electron chi connectivity index (χ4n) is 1.65. The van der Waals surface area contributed by atoms with Gasteiger partial charge in [0.15, 0.2) is 11.5 Å². The van der Waals surface area contributed by atoms with Crippen molar-refractivity contribution in [3.63, 3.8) is 0 Å². The van der Waals surface area contributed by atoms with E-state index >= 15 is 0 Å². The third-order valence-electron chi connectivity index (χ3n) is 2.53. The van der Waals surface area contributed by atoms with Crippen LogP contribution < -0.4 is 9.47 Å². The van der Waals surface area contributed by atoms with Crippen LogP contribution in [0, 0.1) is 0 Å². The molecule has 0 spiro atoms. The monoisotopic (exact) mass is 252 g/mol. The number of aldehydes is 1. The van der Waals surface area contributed by atoms with Crippen LogP contribution in [0.5, 0.6) is 11.5 Å². The average molecular weight is 253 g/mol. The molecule has 0 N–H and O–H groups in total. The predicted octanol–water partition coefficient (Wildman–Crippen LogP) is 3.10. The third-order valence-corrected chi connectivity index (χ3v) is 2.81. The molecule has 0 radical (unpaired) electrons. The van der Waals surface area contributed by atoms with Crippen LogP contribution in [-0.4, -0.2) is 19.5 Å². The van der Waals surface area contributed by atoms with E-state index in [1.54, 1.807) is 12.1 Å². The number of halogens is 1. The molecule has 2 rings (SSSR count). The minimum absolute atomic E-state index is 0.509. The van der Waals surface area contributed by atoms with Gasteiger partial charge in [-0.25, -0.2) is 0 Å². The molecule has 4 heteroatoms. The number of allylic oxidation sites excluding steroid dienone is 1. The zero-order valence-electron chi connectivity index (χ0n) is 9.53. The van der Waals surface area contributed by atoms with Gasteiger partial charge in [0, 0.05) is 0 Å².